The molecule has 1 fully saturated rings. The maximum Gasteiger partial charge on any atom is 0.223 e. The summed E-state index contributed by atoms with van der Waals surface area (Å²) < 4.78 is 5.97. The van der Waals surface area contributed by atoms with Gasteiger partial charge in [0, 0.05) is 36.3 Å². The first-order chi connectivity index (χ1) is 13.3. The molecule has 2 aliphatic heterocycles. The molecule has 4 rings (SSSR count). The Bertz CT molecular complexity index is 889. The quantitative estimate of drug-likeness (QED) is 0.794. The molecule has 0 aliphatic carbocycles. The number of benzene rings is 1. The zero-order valence-electron chi connectivity index (χ0n) is 17.3. The predicted molar refractivity (Wildman–Crippen MR) is 109 cm³/mol. The van der Waals surface area contributed by atoms with Gasteiger partial charge in [-0.3, -0.25) is 4.79 Å². The summed E-state index contributed by atoms with van der Waals surface area (Å²) in [5, 5.41) is 0. The van der Waals surface area contributed by atoms with Crippen LogP contribution in [0.4, 0.5) is 0 Å². The molecule has 28 heavy (non-hydrogen) atoms. The van der Waals surface area contributed by atoms with Gasteiger partial charge in [0.1, 0.15) is 0 Å². The van der Waals surface area contributed by atoms with Crippen LogP contribution in [0.15, 0.2) is 30.3 Å². The van der Waals surface area contributed by atoms with Crippen molar-refractivity contribution in [3.05, 3.63) is 47.3 Å². The van der Waals surface area contributed by atoms with Crippen molar-refractivity contribution in [1.29, 1.82) is 0 Å². The predicted octanol–water partition coefficient (Wildman–Crippen LogP) is 3.89. The number of carbonyl (C=O) groups excluding carboxylic acids is 1. The van der Waals surface area contributed by atoms with Gasteiger partial charge in [-0.1, -0.05) is 51.1 Å². The van der Waals surface area contributed by atoms with E-state index in [1.807, 2.05) is 42.2 Å². The highest BCUT2D eigenvalue weighted by atomic mass is 16.5. The molecule has 1 spiro atoms. The normalized spacial score (nSPS) is 21.8. The Morgan fingerprint density at radius 1 is 1.21 bits per heavy atom. The average molecular weight is 380 g/mol. The van der Waals surface area contributed by atoms with Crippen LogP contribution in [0.25, 0.3) is 11.4 Å². The maximum absolute atomic E-state index is 12.8. The summed E-state index contributed by atoms with van der Waals surface area (Å²) in [4.78, 5) is 24.6. The van der Waals surface area contributed by atoms with E-state index in [1.165, 1.54) is 0 Å². The van der Waals surface area contributed by atoms with Crippen LogP contribution < -0.4 is 0 Å². The molecule has 1 amide bonds. The van der Waals surface area contributed by atoms with Crippen molar-refractivity contribution >= 4 is 5.91 Å². The highest BCUT2D eigenvalue weighted by Gasteiger charge is 2.47. The molecule has 3 heterocycles. The van der Waals surface area contributed by atoms with Crippen LogP contribution in [0, 0.1) is 12.3 Å². The second kappa shape index (κ2) is 6.96. The summed E-state index contributed by atoms with van der Waals surface area (Å²) >= 11 is 0. The highest BCUT2D eigenvalue weighted by molar-refractivity contribution is 5.77. The van der Waals surface area contributed by atoms with Gasteiger partial charge in [0.2, 0.25) is 5.91 Å². The molecule has 0 saturated carbocycles. The van der Waals surface area contributed by atoms with E-state index in [1.54, 1.807) is 0 Å². The number of aryl methyl sites for hydroxylation is 1. The fourth-order valence-electron chi connectivity index (χ4n) is 4.30. The summed E-state index contributed by atoms with van der Waals surface area (Å²) in [5.74, 6) is 0.989. The molecule has 2 aromatic rings. The second-order valence-electron chi connectivity index (χ2n) is 9.40. The first-order valence-electron chi connectivity index (χ1n) is 10.1. The topological polar surface area (TPSA) is 55.3 Å². The molecule has 1 saturated heterocycles. The molecule has 1 aromatic carbocycles. The summed E-state index contributed by atoms with van der Waals surface area (Å²) in [7, 11) is 0. The third-order valence-electron chi connectivity index (χ3n) is 5.76. The van der Waals surface area contributed by atoms with E-state index in [0.717, 1.165) is 41.3 Å². The average Bonchev–Trinajstić information content (AvgIpc) is 3.07. The number of carbonyl (C=O) groups is 1. The van der Waals surface area contributed by atoms with E-state index in [-0.39, 0.29) is 16.7 Å². The third-order valence-corrected chi connectivity index (χ3v) is 5.76. The van der Waals surface area contributed by atoms with Crippen molar-refractivity contribution < 1.29 is 9.53 Å². The number of hydrogen-bond donors (Lipinski definition) is 0. The monoisotopic (exact) mass is 379 g/mol. The number of hydrogen-bond acceptors (Lipinski definition) is 4. The number of amides is 1. The molecule has 0 bridgehead atoms. The standard InChI is InChI=1S/C23H29N3O2/c1-16-18-13-28-15-23(10-11-26(14-23)19(27)12-22(2,3)4)20(18)25-21(24-16)17-8-6-5-7-9-17/h5-9H,10-15H2,1-4H3. The van der Waals surface area contributed by atoms with Gasteiger partial charge in [-0.25, -0.2) is 9.97 Å². The zero-order valence-corrected chi connectivity index (χ0v) is 17.3. The first kappa shape index (κ1) is 19.1. The van der Waals surface area contributed by atoms with Crippen molar-refractivity contribution in [2.45, 2.75) is 52.6 Å². The summed E-state index contributed by atoms with van der Waals surface area (Å²) in [5.41, 5.74) is 3.94. The second-order valence-corrected chi connectivity index (χ2v) is 9.40. The third kappa shape index (κ3) is 3.55. The van der Waals surface area contributed by atoms with E-state index in [2.05, 4.69) is 20.8 Å². The Morgan fingerprint density at radius 2 is 1.96 bits per heavy atom. The molecule has 5 nitrogen and oxygen atoms in total. The lowest BCUT2D eigenvalue weighted by Crippen LogP contribution is -2.42. The Balaban J connectivity index is 1.69. The van der Waals surface area contributed by atoms with Gasteiger partial charge in [0.15, 0.2) is 5.82 Å². The number of ether oxygens (including phenoxy) is 1. The van der Waals surface area contributed by atoms with E-state index in [9.17, 15) is 4.79 Å². The number of likely N-dealkylation sites (tertiary alicyclic amines) is 1. The minimum atomic E-state index is -0.224. The van der Waals surface area contributed by atoms with Crippen molar-refractivity contribution in [3.8, 4) is 11.4 Å². The lowest BCUT2D eigenvalue weighted by atomic mass is 9.80. The van der Waals surface area contributed by atoms with E-state index < -0.39 is 0 Å². The van der Waals surface area contributed by atoms with E-state index in [0.29, 0.717) is 26.2 Å². The van der Waals surface area contributed by atoms with Crippen LogP contribution in [0.3, 0.4) is 0 Å². The van der Waals surface area contributed by atoms with Crippen molar-refractivity contribution in [2.24, 2.45) is 5.41 Å². The minimum absolute atomic E-state index is 0.00690. The van der Waals surface area contributed by atoms with Crippen LogP contribution in [0.2, 0.25) is 0 Å². The SMILES string of the molecule is Cc1nc(-c2ccccc2)nc2c1COCC21CCN(C(=O)CC(C)(C)C)C1. The summed E-state index contributed by atoms with van der Waals surface area (Å²) in [6.07, 6.45) is 1.45. The van der Waals surface area contributed by atoms with Crippen LogP contribution in [0.5, 0.6) is 0 Å². The maximum atomic E-state index is 12.8. The van der Waals surface area contributed by atoms with Gasteiger partial charge in [-0.05, 0) is 18.8 Å². The fraction of sp³-hybridized carbons (Fsp3) is 0.522. The number of fused-ring (bicyclic) bond motifs is 2. The molecule has 0 N–H and O–H groups in total. The lowest BCUT2D eigenvalue weighted by Gasteiger charge is -2.35. The van der Waals surface area contributed by atoms with Gasteiger partial charge in [-0.15, -0.1) is 0 Å². The van der Waals surface area contributed by atoms with Crippen LogP contribution >= 0.6 is 0 Å². The molecule has 0 radical (unpaired) electrons. The van der Waals surface area contributed by atoms with Crippen LogP contribution in [-0.2, 0) is 21.6 Å². The van der Waals surface area contributed by atoms with Crippen molar-refractivity contribution in [3.63, 3.8) is 0 Å². The van der Waals surface area contributed by atoms with Crippen molar-refractivity contribution in [1.82, 2.24) is 14.9 Å². The lowest BCUT2D eigenvalue weighted by molar-refractivity contribution is -0.132. The smallest absolute Gasteiger partial charge is 0.223 e. The van der Waals surface area contributed by atoms with Crippen LogP contribution in [-0.4, -0.2) is 40.5 Å². The molecular formula is C23H29N3O2. The summed E-state index contributed by atoms with van der Waals surface area (Å²) in [6.45, 7) is 11.0. The minimum Gasteiger partial charge on any atom is -0.376 e. The highest BCUT2D eigenvalue weighted by Crippen LogP contribution is 2.41. The van der Waals surface area contributed by atoms with Gasteiger partial charge < -0.3 is 9.64 Å². The molecular weight excluding hydrogens is 350 g/mol. The molecule has 1 aromatic heterocycles. The van der Waals surface area contributed by atoms with Gasteiger partial charge in [-0.2, -0.15) is 0 Å². The Kier molecular flexibility index (Phi) is 4.74. The number of rotatable bonds is 2. The molecule has 5 heteroatoms. The van der Waals surface area contributed by atoms with Crippen LogP contribution in [0.1, 0.15) is 50.6 Å². The van der Waals surface area contributed by atoms with E-state index in [4.69, 9.17) is 14.7 Å². The van der Waals surface area contributed by atoms with Crippen molar-refractivity contribution in [2.75, 3.05) is 19.7 Å². The number of nitrogens with zero attached hydrogens (tertiary/aromatic N) is 3. The molecule has 1 unspecified atom stereocenters. The molecule has 148 valence electrons. The van der Waals surface area contributed by atoms with Gasteiger partial charge >= 0.3 is 0 Å². The zero-order chi connectivity index (χ0) is 19.9. The number of aromatic nitrogens is 2. The Morgan fingerprint density at radius 3 is 2.68 bits per heavy atom. The summed E-state index contributed by atoms with van der Waals surface area (Å²) in [6, 6.07) is 10.1. The van der Waals surface area contributed by atoms with Gasteiger partial charge in [0.05, 0.1) is 24.3 Å². The fourth-order valence-corrected chi connectivity index (χ4v) is 4.30. The Labute approximate surface area is 167 Å². The Hall–Kier alpha value is -2.27. The van der Waals surface area contributed by atoms with Gasteiger partial charge in [0.25, 0.3) is 0 Å². The molecule has 2 aliphatic rings. The first-order valence-corrected chi connectivity index (χ1v) is 10.1. The van der Waals surface area contributed by atoms with E-state index >= 15 is 0 Å². The largest absolute Gasteiger partial charge is 0.376 e. The molecule has 1 atom stereocenters.